The summed E-state index contributed by atoms with van der Waals surface area (Å²) < 4.78 is 0. The van der Waals surface area contributed by atoms with Crippen LogP contribution in [0.4, 0.5) is 5.69 Å². The minimum atomic E-state index is -0.0329. The first kappa shape index (κ1) is 19.3. The molecule has 1 aliphatic rings. The van der Waals surface area contributed by atoms with Crippen LogP contribution in [0.3, 0.4) is 0 Å². The summed E-state index contributed by atoms with van der Waals surface area (Å²) in [6.07, 6.45) is 7.04. The smallest absolute Gasteiger partial charge is 0.225 e. The van der Waals surface area contributed by atoms with Crippen molar-refractivity contribution in [3.8, 4) is 0 Å². The Morgan fingerprint density at radius 3 is 2.83 bits per heavy atom. The van der Waals surface area contributed by atoms with Gasteiger partial charge < -0.3 is 10.2 Å². The summed E-state index contributed by atoms with van der Waals surface area (Å²) in [4.78, 5) is 28.2. The summed E-state index contributed by atoms with van der Waals surface area (Å²) in [7, 11) is 0. The normalized spacial score (nSPS) is 17.9. The zero-order valence-electron chi connectivity index (χ0n) is 17.2. The first-order valence-corrected chi connectivity index (χ1v) is 10.2. The first-order chi connectivity index (χ1) is 14.0. The van der Waals surface area contributed by atoms with Gasteiger partial charge >= 0.3 is 0 Å². The highest BCUT2D eigenvalue weighted by Crippen LogP contribution is 2.26. The number of rotatable bonds is 4. The Balaban J connectivity index is 1.45. The Labute approximate surface area is 171 Å². The van der Waals surface area contributed by atoms with E-state index in [1.54, 1.807) is 12.4 Å². The molecule has 2 aromatic heterocycles. The Morgan fingerprint density at radius 1 is 1.17 bits per heavy atom. The largest absolute Gasteiger partial charge is 0.369 e. The number of carbonyl (C=O) groups is 1. The molecule has 0 unspecified atom stereocenters. The minimum Gasteiger partial charge on any atom is -0.369 e. The number of amides is 1. The summed E-state index contributed by atoms with van der Waals surface area (Å²) in [5.41, 5.74) is 6.05. The predicted molar refractivity (Wildman–Crippen MR) is 115 cm³/mol. The van der Waals surface area contributed by atoms with E-state index in [0.717, 1.165) is 30.6 Å². The zero-order valence-corrected chi connectivity index (χ0v) is 17.2. The van der Waals surface area contributed by atoms with E-state index in [1.807, 2.05) is 12.3 Å². The zero-order chi connectivity index (χ0) is 20.4. The van der Waals surface area contributed by atoms with Crippen LogP contribution < -0.4 is 10.2 Å². The molecule has 1 fully saturated rings. The molecule has 1 aliphatic heterocycles. The van der Waals surface area contributed by atoms with Gasteiger partial charge in [0.05, 0.1) is 23.8 Å². The number of piperidine rings is 1. The second-order valence-corrected chi connectivity index (χ2v) is 7.97. The predicted octanol–water partition coefficient (Wildman–Crippen LogP) is 3.74. The molecule has 0 saturated carbocycles. The number of hydrogen-bond acceptors (Lipinski definition) is 5. The van der Waals surface area contributed by atoms with E-state index in [2.05, 4.69) is 64.1 Å². The number of benzene rings is 1. The highest BCUT2D eigenvalue weighted by atomic mass is 16.2. The molecule has 150 valence electrons. The standard InChI is InChI=1S/C23H27N5O/c1-15-6-7-20(16(2)11-15)17(3)27-23(29)18-5-4-10-28(14-18)19-12-21-22(26-13-19)25-9-8-24-21/h6-9,11-13,17-18H,4-5,10,14H2,1-3H3,(H,27,29)/t17-,18-/m1/s1. The molecule has 3 aromatic rings. The third-order valence-electron chi connectivity index (χ3n) is 5.72. The highest BCUT2D eigenvalue weighted by molar-refractivity contribution is 5.80. The topological polar surface area (TPSA) is 71.0 Å². The number of hydrogen-bond donors (Lipinski definition) is 1. The average Bonchev–Trinajstić information content (AvgIpc) is 2.73. The van der Waals surface area contributed by atoms with Gasteiger partial charge in [0, 0.05) is 25.5 Å². The van der Waals surface area contributed by atoms with Gasteiger partial charge in [0.2, 0.25) is 5.91 Å². The fraction of sp³-hybridized carbons (Fsp3) is 0.391. The number of aryl methyl sites for hydroxylation is 2. The number of fused-ring (bicyclic) bond motifs is 1. The van der Waals surface area contributed by atoms with Crippen LogP contribution in [0.25, 0.3) is 11.2 Å². The SMILES string of the molecule is Cc1ccc([C@@H](C)NC(=O)[C@@H]2CCCN(c3cnc4nccnc4c3)C2)c(C)c1. The van der Waals surface area contributed by atoms with Crippen molar-refractivity contribution in [2.24, 2.45) is 5.92 Å². The third kappa shape index (κ3) is 4.21. The monoisotopic (exact) mass is 389 g/mol. The molecule has 1 aromatic carbocycles. The number of nitrogens with one attached hydrogen (secondary N) is 1. The maximum Gasteiger partial charge on any atom is 0.225 e. The van der Waals surface area contributed by atoms with Crippen LogP contribution in [-0.2, 0) is 4.79 Å². The molecule has 0 radical (unpaired) electrons. The molecule has 6 nitrogen and oxygen atoms in total. The Kier molecular flexibility index (Phi) is 5.43. The molecule has 29 heavy (non-hydrogen) atoms. The van der Waals surface area contributed by atoms with Crippen LogP contribution >= 0.6 is 0 Å². The van der Waals surface area contributed by atoms with Crippen LogP contribution in [-0.4, -0.2) is 33.9 Å². The van der Waals surface area contributed by atoms with Gasteiger partial charge in [-0.05, 0) is 50.8 Å². The Morgan fingerprint density at radius 2 is 2.00 bits per heavy atom. The van der Waals surface area contributed by atoms with E-state index in [9.17, 15) is 4.79 Å². The second kappa shape index (κ2) is 8.15. The summed E-state index contributed by atoms with van der Waals surface area (Å²) in [5, 5.41) is 3.22. The van der Waals surface area contributed by atoms with Gasteiger partial charge in [0.1, 0.15) is 5.52 Å². The van der Waals surface area contributed by atoms with Crippen molar-refractivity contribution in [2.45, 2.75) is 39.7 Å². The van der Waals surface area contributed by atoms with Gasteiger partial charge in [-0.25, -0.2) is 9.97 Å². The van der Waals surface area contributed by atoms with E-state index in [1.165, 1.54) is 16.7 Å². The number of pyridine rings is 1. The summed E-state index contributed by atoms with van der Waals surface area (Å²) in [6, 6.07) is 8.38. The van der Waals surface area contributed by atoms with Crippen molar-refractivity contribution in [2.75, 3.05) is 18.0 Å². The van der Waals surface area contributed by atoms with Gasteiger partial charge in [0.15, 0.2) is 5.65 Å². The van der Waals surface area contributed by atoms with E-state index in [-0.39, 0.29) is 17.9 Å². The molecular weight excluding hydrogens is 362 g/mol. The van der Waals surface area contributed by atoms with Crippen molar-refractivity contribution in [1.82, 2.24) is 20.3 Å². The van der Waals surface area contributed by atoms with Crippen LogP contribution in [0.15, 0.2) is 42.9 Å². The van der Waals surface area contributed by atoms with E-state index in [0.29, 0.717) is 12.2 Å². The van der Waals surface area contributed by atoms with Gasteiger partial charge in [-0.3, -0.25) is 9.78 Å². The number of carbonyl (C=O) groups excluding carboxylic acids is 1. The number of aromatic nitrogens is 3. The van der Waals surface area contributed by atoms with Gasteiger partial charge in [-0.1, -0.05) is 23.8 Å². The lowest BCUT2D eigenvalue weighted by molar-refractivity contribution is -0.125. The number of anilines is 1. The van der Waals surface area contributed by atoms with Crippen LogP contribution in [0.2, 0.25) is 0 Å². The minimum absolute atomic E-state index is 0.00362. The maximum atomic E-state index is 13.0. The average molecular weight is 390 g/mol. The fourth-order valence-corrected chi connectivity index (χ4v) is 4.17. The van der Waals surface area contributed by atoms with Crippen molar-refractivity contribution in [3.05, 3.63) is 59.5 Å². The van der Waals surface area contributed by atoms with Crippen LogP contribution in [0, 0.1) is 19.8 Å². The molecule has 1 N–H and O–H groups in total. The Hall–Kier alpha value is -3.02. The van der Waals surface area contributed by atoms with E-state index < -0.39 is 0 Å². The molecule has 6 heteroatoms. The summed E-state index contributed by atoms with van der Waals surface area (Å²) in [5.74, 6) is 0.0882. The molecule has 0 bridgehead atoms. The molecule has 0 aliphatic carbocycles. The third-order valence-corrected chi connectivity index (χ3v) is 5.72. The number of nitrogens with zero attached hydrogens (tertiary/aromatic N) is 4. The summed E-state index contributed by atoms with van der Waals surface area (Å²) in [6.45, 7) is 7.86. The van der Waals surface area contributed by atoms with Crippen LogP contribution in [0.1, 0.15) is 42.5 Å². The lowest BCUT2D eigenvalue weighted by atomic mass is 9.95. The highest BCUT2D eigenvalue weighted by Gasteiger charge is 2.27. The molecule has 0 spiro atoms. The second-order valence-electron chi connectivity index (χ2n) is 7.97. The lowest BCUT2D eigenvalue weighted by Crippen LogP contribution is -2.43. The van der Waals surface area contributed by atoms with E-state index in [4.69, 9.17) is 0 Å². The van der Waals surface area contributed by atoms with Crippen molar-refractivity contribution >= 4 is 22.8 Å². The first-order valence-electron chi connectivity index (χ1n) is 10.2. The molecule has 3 heterocycles. The molecule has 2 atom stereocenters. The van der Waals surface area contributed by atoms with Gasteiger partial charge in [-0.15, -0.1) is 0 Å². The van der Waals surface area contributed by atoms with Gasteiger partial charge in [0.25, 0.3) is 0 Å². The molecular formula is C23H27N5O. The van der Waals surface area contributed by atoms with Crippen molar-refractivity contribution < 1.29 is 4.79 Å². The maximum absolute atomic E-state index is 13.0. The van der Waals surface area contributed by atoms with Crippen LogP contribution in [0.5, 0.6) is 0 Å². The fourth-order valence-electron chi connectivity index (χ4n) is 4.17. The van der Waals surface area contributed by atoms with E-state index >= 15 is 0 Å². The molecule has 4 rings (SSSR count). The van der Waals surface area contributed by atoms with Crippen molar-refractivity contribution in [1.29, 1.82) is 0 Å². The molecule has 1 amide bonds. The quantitative estimate of drug-likeness (QED) is 0.736. The van der Waals surface area contributed by atoms with Crippen molar-refractivity contribution in [3.63, 3.8) is 0 Å². The summed E-state index contributed by atoms with van der Waals surface area (Å²) >= 11 is 0. The molecule has 1 saturated heterocycles. The Bertz CT molecular complexity index is 1030. The van der Waals surface area contributed by atoms with Gasteiger partial charge in [-0.2, -0.15) is 0 Å². The lowest BCUT2D eigenvalue weighted by Gasteiger charge is -2.34.